The number of pyridine rings is 1. The molecule has 1 aromatic rings. The molecule has 1 fully saturated rings. The first-order chi connectivity index (χ1) is 8.61. The van der Waals surface area contributed by atoms with Gasteiger partial charge >= 0.3 is 0 Å². The average molecular weight is 244 g/mol. The van der Waals surface area contributed by atoms with E-state index >= 15 is 0 Å². The van der Waals surface area contributed by atoms with Crippen LogP contribution in [-0.4, -0.2) is 24.6 Å². The van der Waals surface area contributed by atoms with E-state index in [1.165, 1.54) is 12.8 Å². The van der Waals surface area contributed by atoms with Crippen LogP contribution in [0.1, 0.15) is 31.0 Å². The van der Waals surface area contributed by atoms with Gasteiger partial charge in [0, 0.05) is 12.2 Å². The van der Waals surface area contributed by atoms with Crippen LogP contribution in [0, 0.1) is 23.7 Å². The third-order valence-electron chi connectivity index (χ3n) is 3.59. The Morgan fingerprint density at radius 1 is 1.44 bits per heavy atom. The molecule has 0 bridgehead atoms. The molecule has 0 radical (unpaired) electrons. The van der Waals surface area contributed by atoms with Crippen molar-refractivity contribution in [1.29, 1.82) is 5.26 Å². The van der Waals surface area contributed by atoms with Crippen LogP contribution in [0.5, 0.6) is 0 Å². The van der Waals surface area contributed by atoms with Gasteiger partial charge in [-0.2, -0.15) is 5.26 Å². The molecule has 0 aromatic carbocycles. The number of nitriles is 1. The van der Waals surface area contributed by atoms with Crippen LogP contribution < -0.4 is 10.6 Å². The van der Waals surface area contributed by atoms with Crippen LogP contribution >= 0.6 is 0 Å². The minimum Gasteiger partial charge on any atom is -0.369 e. The van der Waals surface area contributed by atoms with Gasteiger partial charge in [0.15, 0.2) is 0 Å². The fourth-order valence-electron chi connectivity index (χ4n) is 2.33. The molecule has 1 saturated heterocycles. The highest BCUT2D eigenvalue weighted by molar-refractivity contribution is 5.44. The van der Waals surface area contributed by atoms with Gasteiger partial charge in [-0.1, -0.05) is 6.92 Å². The molecule has 96 valence electrons. The van der Waals surface area contributed by atoms with Crippen LogP contribution in [-0.2, 0) is 0 Å². The molecule has 0 saturated carbocycles. The first kappa shape index (κ1) is 12.8. The summed E-state index contributed by atoms with van der Waals surface area (Å²) in [6.45, 7) is 7.31. The summed E-state index contributed by atoms with van der Waals surface area (Å²) in [7, 11) is 0. The summed E-state index contributed by atoms with van der Waals surface area (Å²) < 4.78 is 0. The van der Waals surface area contributed by atoms with Gasteiger partial charge in [0.2, 0.25) is 0 Å². The number of anilines is 1. The van der Waals surface area contributed by atoms with Crippen molar-refractivity contribution in [2.45, 2.75) is 26.7 Å². The van der Waals surface area contributed by atoms with Gasteiger partial charge in [0.05, 0.1) is 11.6 Å². The lowest BCUT2D eigenvalue weighted by Crippen LogP contribution is -2.39. The Morgan fingerprint density at radius 3 is 2.83 bits per heavy atom. The van der Waals surface area contributed by atoms with Crippen molar-refractivity contribution in [3.8, 4) is 6.07 Å². The topological polar surface area (TPSA) is 60.7 Å². The summed E-state index contributed by atoms with van der Waals surface area (Å²) in [6, 6.07) is 5.79. The SMILES string of the molecule is Cc1cc(C#N)cc(NCC2(C)CCNCC2)n1. The van der Waals surface area contributed by atoms with E-state index in [1.54, 1.807) is 6.07 Å². The third-order valence-corrected chi connectivity index (χ3v) is 3.59. The monoisotopic (exact) mass is 244 g/mol. The van der Waals surface area contributed by atoms with Crippen molar-refractivity contribution in [2.75, 3.05) is 25.0 Å². The Hall–Kier alpha value is -1.60. The Balaban J connectivity index is 2.01. The molecular formula is C14H20N4. The second-order valence-corrected chi connectivity index (χ2v) is 5.41. The Morgan fingerprint density at radius 2 is 2.17 bits per heavy atom. The Bertz CT molecular complexity index is 455. The molecule has 2 N–H and O–H groups in total. The lowest BCUT2D eigenvalue weighted by molar-refractivity contribution is 0.247. The number of rotatable bonds is 3. The van der Waals surface area contributed by atoms with Crippen LogP contribution in [0.4, 0.5) is 5.82 Å². The minimum absolute atomic E-state index is 0.323. The standard InChI is InChI=1S/C14H20N4/c1-11-7-12(9-15)8-13(18-11)17-10-14(2)3-5-16-6-4-14/h7-8,16H,3-6,10H2,1-2H3,(H,17,18). The summed E-state index contributed by atoms with van der Waals surface area (Å²) in [6.07, 6.45) is 2.36. The molecule has 18 heavy (non-hydrogen) atoms. The average Bonchev–Trinajstić information content (AvgIpc) is 2.37. The molecule has 1 aliphatic rings. The van der Waals surface area contributed by atoms with Crippen LogP contribution in [0.25, 0.3) is 0 Å². The summed E-state index contributed by atoms with van der Waals surface area (Å²) >= 11 is 0. The molecule has 1 aromatic heterocycles. The fourth-order valence-corrected chi connectivity index (χ4v) is 2.33. The zero-order chi connectivity index (χ0) is 13.0. The molecule has 4 heteroatoms. The molecule has 0 amide bonds. The Labute approximate surface area is 108 Å². The third kappa shape index (κ3) is 3.21. The van der Waals surface area contributed by atoms with Crippen molar-refractivity contribution in [3.05, 3.63) is 23.4 Å². The maximum atomic E-state index is 8.94. The van der Waals surface area contributed by atoms with E-state index in [2.05, 4.69) is 28.6 Å². The number of aromatic nitrogens is 1. The molecule has 1 aliphatic heterocycles. The van der Waals surface area contributed by atoms with Crippen molar-refractivity contribution >= 4 is 5.82 Å². The molecule has 2 rings (SSSR count). The normalized spacial score (nSPS) is 18.1. The zero-order valence-corrected chi connectivity index (χ0v) is 11.1. The molecule has 0 atom stereocenters. The summed E-state index contributed by atoms with van der Waals surface area (Å²) in [5, 5.41) is 15.7. The van der Waals surface area contributed by atoms with Crippen molar-refractivity contribution in [2.24, 2.45) is 5.41 Å². The first-order valence-electron chi connectivity index (χ1n) is 6.45. The summed E-state index contributed by atoms with van der Waals surface area (Å²) in [5.74, 6) is 0.811. The largest absolute Gasteiger partial charge is 0.369 e. The van der Waals surface area contributed by atoms with Gasteiger partial charge in [0.25, 0.3) is 0 Å². The van der Waals surface area contributed by atoms with Crippen LogP contribution in [0.15, 0.2) is 12.1 Å². The van der Waals surface area contributed by atoms with Gasteiger partial charge in [-0.05, 0) is 50.4 Å². The van der Waals surface area contributed by atoms with Crippen molar-refractivity contribution in [3.63, 3.8) is 0 Å². The van der Waals surface area contributed by atoms with Crippen molar-refractivity contribution < 1.29 is 0 Å². The fraction of sp³-hybridized carbons (Fsp3) is 0.571. The van der Waals surface area contributed by atoms with Gasteiger partial charge in [-0.25, -0.2) is 4.98 Å². The number of hydrogen-bond acceptors (Lipinski definition) is 4. The smallest absolute Gasteiger partial charge is 0.127 e. The lowest BCUT2D eigenvalue weighted by Gasteiger charge is -2.34. The predicted octanol–water partition coefficient (Wildman–Crippen LogP) is 2.06. The molecule has 0 spiro atoms. The molecule has 0 unspecified atom stereocenters. The highest BCUT2D eigenvalue weighted by atomic mass is 15.0. The van der Waals surface area contributed by atoms with Gasteiger partial charge in [-0.3, -0.25) is 0 Å². The highest BCUT2D eigenvalue weighted by Gasteiger charge is 2.26. The minimum atomic E-state index is 0.323. The maximum Gasteiger partial charge on any atom is 0.127 e. The van der Waals surface area contributed by atoms with E-state index in [0.29, 0.717) is 11.0 Å². The van der Waals surface area contributed by atoms with Gasteiger partial charge < -0.3 is 10.6 Å². The van der Waals surface area contributed by atoms with E-state index in [1.807, 2.05) is 13.0 Å². The molecule has 0 aliphatic carbocycles. The molecule has 4 nitrogen and oxygen atoms in total. The second kappa shape index (κ2) is 5.36. The lowest BCUT2D eigenvalue weighted by atomic mass is 9.81. The number of nitrogens with one attached hydrogen (secondary N) is 2. The van der Waals surface area contributed by atoms with Crippen LogP contribution in [0.3, 0.4) is 0 Å². The van der Waals surface area contributed by atoms with E-state index in [0.717, 1.165) is 31.1 Å². The van der Waals surface area contributed by atoms with Gasteiger partial charge in [-0.15, -0.1) is 0 Å². The number of piperidine rings is 1. The second-order valence-electron chi connectivity index (χ2n) is 5.41. The van der Waals surface area contributed by atoms with E-state index < -0.39 is 0 Å². The summed E-state index contributed by atoms with van der Waals surface area (Å²) in [4.78, 5) is 4.42. The Kier molecular flexibility index (Phi) is 3.83. The van der Waals surface area contributed by atoms with E-state index in [-0.39, 0.29) is 0 Å². The number of nitrogens with zero attached hydrogens (tertiary/aromatic N) is 2. The summed E-state index contributed by atoms with van der Waals surface area (Å²) in [5.41, 5.74) is 1.87. The highest BCUT2D eigenvalue weighted by Crippen LogP contribution is 2.28. The quantitative estimate of drug-likeness (QED) is 0.854. The predicted molar refractivity (Wildman–Crippen MR) is 72.4 cm³/mol. The zero-order valence-electron chi connectivity index (χ0n) is 11.1. The first-order valence-corrected chi connectivity index (χ1v) is 6.45. The van der Waals surface area contributed by atoms with E-state index in [4.69, 9.17) is 5.26 Å². The van der Waals surface area contributed by atoms with Crippen LogP contribution in [0.2, 0.25) is 0 Å². The van der Waals surface area contributed by atoms with Crippen molar-refractivity contribution in [1.82, 2.24) is 10.3 Å². The van der Waals surface area contributed by atoms with Gasteiger partial charge in [0.1, 0.15) is 5.82 Å². The number of aryl methyl sites for hydroxylation is 1. The number of hydrogen-bond donors (Lipinski definition) is 2. The molecular weight excluding hydrogens is 224 g/mol. The van der Waals surface area contributed by atoms with E-state index in [9.17, 15) is 0 Å². The molecule has 2 heterocycles. The maximum absolute atomic E-state index is 8.94.